The van der Waals surface area contributed by atoms with Crippen molar-refractivity contribution in [2.75, 3.05) is 5.75 Å². The second-order valence-electron chi connectivity index (χ2n) is 14.1. The minimum absolute atomic E-state index is 0. The Kier molecular flexibility index (Phi) is 10.5. The summed E-state index contributed by atoms with van der Waals surface area (Å²) in [6.07, 6.45) is 5.64. The van der Waals surface area contributed by atoms with Crippen molar-refractivity contribution in [2.45, 2.75) is 79.6 Å². The van der Waals surface area contributed by atoms with Crippen molar-refractivity contribution in [3.05, 3.63) is 90.3 Å². The van der Waals surface area contributed by atoms with Crippen molar-refractivity contribution >= 4 is 57.1 Å². The molecule has 0 fully saturated rings. The number of carbonyl (C=O) groups is 1. The maximum absolute atomic E-state index is 12.7. The van der Waals surface area contributed by atoms with E-state index in [0.717, 1.165) is 24.5 Å². The van der Waals surface area contributed by atoms with Gasteiger partial charge in [0, 0.05) is 32.7 Å². The molecule has 256 valence electrons. The zero-order valence-corrected chi connectivity index (χ0v) is 29.0. The molecule has 0 saturated carbocycles. The fourth-order valence-corrected chi connectivity index (χ4v) is 8.99. The predicted molar refractivity (Wildman–Crippen MR) is 184 cm³/mol. The molecular formula is C37H39Cl2O8S-. The van der Waals surface area contributed by atoms with E-state index >= 15 is 0 Å². The van der Waals surface area contributed by atoms with Crippen molar-refractivity contribution < 1.29 is 37.2 Å². The summed E-state index contributed by atoms with van der Waals surface area (Å²) in [5, 5.41) is 12.0. The minimum Gasteiger partial charge on any atom is -0.748 e. The number of hydrogen-bond acceptors (Lipinski definition) is 7. The Hall–Kier alpha value is -3.46. The first-order valence-corrected chi connectivity index (χ1v) is 17.6. The maximum atomic E-state index is 12.7. The second kappa shape index (κ2) is 13.4. The van der Waals surface area contributed by atoms with Gasteiger partial charge in [0.15, 0.2) is 0 Å². The van der Waals surface area contributed by atoms with Crippen LogP contribution in [0, 0.1) is 10.8 Å². The molecule has 0 spiro atoms. The number of hydrogen-bond donors (Lipinski definition) is 1. The molecule has 1 aliphatic heterocycles. The van der Waals surface area contributed by atoms with Gasteiger partial charge >= 0.3 is 12.1 Å². The highest BCUT2D eigenvalue weighted by molar-refractivity contribution is 7.85. The van der Waals surface area contributed by atoms with Crippen LogP contribution in [0.4, 0.5) is 0 Å². The summed E-state index contributed by atoms with van der Waals surface area (Å²) in [5.74, 6) is -0.905. The number of ether oxygens (including phenoxy) is 1. The largest absolute Gasteiger partial charge is 0.748 e. The van der Waals surface area contributed by atoms with Gasteiger partial charge in [-0.1, -0.05) is 71.3 Å². The summed E-state index contributed by atoms with van der Waals surface area (Å²) in [5.41, 5.74) is 4.28. The first kappa shape index (κ1) is 37.4. The number of aromatic carboxylic acids is 1. The highest BCUT2D eigenvalue weighted by Gasteiger charge is 2.36. The third-order valence-corrected chi connectivity index (χ3v) is 10.8. The quantitative estimate of drug-likeness (QED) is 0.211. The molecule has 0 radical (unpaired) electrons. The maximum Gasteiger partial charge on any atom is 0.373 e. The number of rotatable bonds is 5. The van der Waals surface area contributed by atoms with Gasteiger partial charge < -0.3 is 14.4 Å². The van der Waals surface area contributed by atoms with Crippen LogP contribution >= 0.6 is 23.2 Å². The van der Waals surface area contributed by atoms with E-state index in [1.54, 1.807) is 6.07 Å². The predicted octanol–water partition coefficient (Wildman–Crippen LogP) is 7.40. The molecule has 1 heterocycles. The Morgan fingerprint density at radius 3 is 2.25 bits per heavy atom. The average molecular weight is 715 g/mol. The molecule has 6 rings (SSSR count). The molecule has 0 aromatic heterocycles. The van der Waals surface area contributed by atoms with Crippen molar-refractivity contribution in [1.82, 2.24) is 0 Å². The third kappa shape index (κ3) is 7.26. The van der Waals surface area contributed by atoms with Crippen LogP contribution in [0.25, 0.3) is 11.6 Å². The molecule has 2 atom stereocenters. The van der Waals surface area contributed by atoms with E-state index in [1.807, 2.05) is 26.0 Å². The summed E-state index contributed by atoms with van der Waals surface area (Å²) in [7, 11) is -4.53. The van der Waals surface area contributed by atoms with Gasteiger partial charge in [-0.3, -0.25) is 0 Å². The summed E-state index contributed by atoms with van der Waals surface area (Å²) >= 11 is 13.3. The van der Waals surface area contributed by atoms with Gasteiger partial charge in [0.05, 0.1) is 20.7 Å². The van der Waals surface area contributed by atoms with Crippen LogP contribution in [0.3, 0.4) is 0 Å². The number of benzene rings is 3. The smallest absolute Gasteiger partial charge is 0.373 e. The van der Waals surface area contributed by atoms with Crippen molar-refractivity contribution in [1.29, 1.82) is 0 Å². The molecular weight excluding hydrogens is 675 g/mol. The Balaban J connectivity index is 0.00000125. The third-order valence-electron chi connectivity index (χ3n) is 9.32. The van der Waals surface area contributed by atoms with Gasteiger partial charge in [-0.15, -0.1) is 0 Å². The molecule has 3 aromatic rings. The molecule has 2 aliphatic carbocycles. The molecule has 48 heavy (non-hydrogen) atoms. The van der Waals surface area contributed by atoms with Crippen LogP contribution < -0.4 is 15.2 Å². The summed E-state index contributed by atoms with van der Waals surface area (Å²) in [6, 6.07) is 11.0. The minimum atomic E-state index is -4.53. The van der Waals surface area contributed by atoms with Gasteiger partial charge in [-0.2, -0.15) is 9.59 Å². The number of carboxylic acid groups (broad SMARTS) is 1. The first-order valence-electron chi connectivity index (χ1n) is 15.3. The van der Waals surface area contributed by atoms with Crippen LogP contribution in [0.1, 0.15) is 111 Å². The van der Waals surface area contributed by atoms with Crippen LogP contribution in [0.15, 0.2) is 36.4 Å². The molecule has 0 saturated heterocycles. The van der Waals surface area contributed by atoms with E-state index in [2.05, 4.69) is 39.0 Å². The van der Waals surface area contributed by atoms with Crippen molar-refractivity contribution in [3.8, 4) is 11.5 Å². The second-order valence-corrected chi connectivity index (χ2v) is 16.3. The number of halogens is 2. The van der Waals surface area contributed by atoms with Gasteiger partial charge in [0.1, 0.15) is 11.5 Å². The first-order chi connectivity index (χ1) is 21.9. The topological polar surface area (TPSA) is 138 Å². The lowest BCUT2D eigenvalue weighted by Gasteiger charge is -2.38. The van der Waals surface area contributed by atoms with Crippen LogP contribution in [0.5, 0.6) is 11.5 Å². The molecule has 11 heteroatoms. The van der Waals surface area contributed by atoms with Crippen molar-refractivity contribution in [2.24, 2.45) is 10.8 Å². The summed E-state index contributed by atoms with van der Waals surface area (Å²) < 4.78 is 42.7. The lowest BCUT2D eigenvalue weighted by Crippen LogP contribution is -2.34. The Bertz CT molecular complexity index is 2080. The molecule has 2 unspecified atom stereocenters. The molecule has 3 aliphatic rings. The summed E-state index contributed by atoms with van der Waals surface area (Å²) in [6.45, 7) is 10.8. The fourth-order valence-electron chi connectivity index (χ4n) is 7.71. The van der Waals surface area contributed by atoms with Crippen LogP contribution in [-0.4, -0.2) is 36.0 Å². The lowest BCUT2D eigenvalue weighted by molar-refractivity contribution is -0.191. The zero-order chi connectivity index (χ0) is 34.6. The number of carbonyl (C=O) groups excluding carboxylic acids is 2. The van der Waals surface area contributed by atoms with E-state index in [9.17, 15) is 22.9 Å². The molecule has 3 aromatic carbocycles. The standard InChI is InChI=1S/C35H36Cl2O6S.CO2.CH4/c1-6-18-13-34(2,3)14-19-9-28-24(11-22(18)19)30(31-26(36)7-8-27(37)32(31)33(38)39)25-12-23-20(10-29(25)43-28)15-35(4,5)16-21(23)17-44(40,41)42;2-1-3;/h7-12,15,18,21H,6,13-14,16-17H2,1-5H3,(H,38,39)(H,40,41,42);;1H4/p-1. The molecule has 0 amide bonds. The number of fused-ring (bicyclic) bond motifs is 4. The van der Waals surface area contributed by atoms with Crippen LogP contribution in [0.2, 0.25) is 10.0 Å². The molecule has 8 nitrogen and oxygen atoms in total. The summed E-state index contributed by atoms with van der Waals surface area (Å²) in [4.78, 5) is 28.9. The van der Waals surface area contributed by atoms with Gasteiger partial charge in [0.2, 0.25) is 0 Å². The normalized spacial score (nSPS) is 19.6. The lowest BCUT2D eigenvalue weighted by atomic mass is 9.67. The Morgan fingerprint density at radius 2 is 1.65 bits per heavy atom. The van der Waals surface area contributed by atoms with E-state index in [1.165, 1.54) is 17.2 Å². The van der Waals surface area contributed by atoms with Gasteiger partial charge in [-0.05, 0) is 107 Å². The monoisotopic (exact) mass is 713 g/mol. The molecule has 0 bridgehead atoms. The van der Waals surface area contributed by atoms with Gasteiger partial charge in [-0.25, -0.2) is 13.2 Å². The van der Waals surface area contributed by atoms with E-state index in [0.29, 0.717) is 45.8 Å². The van der Waals surface area contributed by atoms with Crippen LogP contribution in [-0.2, 0) is 26.1 Å². The number of carboxylic acids is 1. The van der Waals surface area contributed by atoms with E-state index < -0.39 is 27.8 Å². The molecule has 1 N–H and O–H groups in total. The fraction of sp³-hybridized carbons (Fsp3) is 0.405. The van der Waals surface area contributed by atoms with Gasteiger partial charge in [0.25, 0.3) is 0 Å². The highest BCUT2D eigenvalue weighted by Crippen LogP contribution is 2.49. The average Bonchev–Trinajstić information content (AvgIpc) is 2.93. The Morgan fingerprint density at radius 1 is 1.00 bits per heavy atom. The van der Waals surface area contributed by atoms with E-state index in [4.69, 9.17) is 37.5 Å². The zero-order valence-electron chi connectivity index (χ0n) is 26.7. The van der Waals surface area contributed by atoms with Crippen molar-refractivity contribution in [3.63, 3.8) is 0 Å². The Labute approximate surface area is 291 Å². The SMILES string of the molecule is C.CCC1CC(C)(C)Cc2cc3c(cc21)C(c1c(Cl)ccc(Cl)c1C(=O)O)=c1cc2c(cc1O3)=CC(C)(C)CC2CS(=O)(=O)[O-].O=C=O. The van der Waals surface area contributed by atoms with E-state index in [-0.39, 0.29) is 45.6 Å². The highest BCUT2D eigenvalue weighted by atomic mass is 35.5.